The highest BCUT2D eigenvalue weighted by Gasteiger charge is 2.24. The third-order valence-electron chi connectivity index (χ3n) is 4.72. The van der Waals surface area contributed by atoms with Crippen LogP contribution < -0.4 is 5.32 Å². The summed E-state index contributed by atoms with van der Waals surface area (Å²) in [6.07, 6.45) is 4.28. The van der Waals surface area contributed by atoms with E-state index in [0.717, 1.165) is 42.1 Å². The maximum absolute atomic E-state index is 11.8. The molecule has 0 aromatic carbocycles. The summed E-state index contributed by atoms with van der Waals surface area (Å²) in [5.74, 6) is 2.10. The van der Waals surface area contributed by atoms with Crippen molar-refractivity contribution in [2.45, 2.75) is 26.8 Å². The number of hydrogen-bond donors (Lipinski definition) is 1. The lowest BCUT2D eigenvalue weighted by atomic mass is 10.0. The first-order valence-electron chi connectivity index (χ1n) is 9.38. The second-order valence-corrected chi connectivity index (χ2v) is 7.50. The standard InChI is InChI=1S/C20H28N6O/c1-14(12-25(3)4)10-22-20-17-7-9-26(15(2)27)13-18(17)23-19(24-20)16-6-5-8-21-11-16/h5-6,8,11,14H,7,9-10,12-13H2,1-4H3,(H,22,23,24)/t14-/m1/s1. The van der Waals surface area contributed by atoms with Crippen LogP contribution in [0.2, 0.25) is 0 Å². The minimum absolute atomic E-state index is 0.0799. The number of nitrogens with zero attached hydrogens (tertiary/aromatic N) is 5. The summed E-state index contributed by atoms with van der Waals surface area (Å²) >= 11 is 0. The number of aromatic nitrogens is 3. The fraction of sp³-hybridized carbons (Fsp3) is 0.500. The highest BCUT2D eigenvalue weighted by atomic mass is 16.2. The fourth-order valence-electron chi connectivity index (χ4n) is 3.43. The third-order valence-corrected chi connectivity index (χ3v) is 4.72. The maximum atomic E-state index is 11.8. The number of anilines is 1. The van der Waals surface area contributed by atoms with Crippen LogP contribution >= 0.6 is 0 Å². The van der Waals surface area contributed by atoms with Gasteiger partial charge in [0.2, 0.25) is 5.91 Å². The molecule has 0 saturated carbocycles. The molecule has 0 unspecified atom stereocenters. The number of hydrogen-bond acceptors (Lipinski definition) is 6. The van der Waals surface area contributed by atoms with Crippen molar-refractivity contribution >= 4 is 11.7 Å². The highest BCUT2D eigenvalue weighted by molar-refractivity contribution is 5.74. The Kier molecular flexibility index (Phi) is 6.01. The molecule has 0 bridgehead atoms. The van der Waals surface area contributed by atoms with Crippen LogP contribution in [0.15, 0.2) is 24.5 Å². The summed E-state index contributed by atoms with van der Waals surface area (Å²) in [6, 6.07) is 3.84. The van der Waals surface area contributed by atoms with Crippen LogP contribution in [-0.4, -0.2) is 64.4 Å². The number of pyridine rings is 1. The summed E-state index contributed by atoms with van der Waals surface area (Å²) in [4.78, 5) is 29.6. The molecule has 7 heteroatoms. The highest BCUT2D eigenvalue weighted by Crippen LogP contribution is 2.27. The Hall–Kier alpha value is -2.54. The lowest BCUT2D eigenvalue weighted by molar-refractivity contribution is -0.129. The van der Waals surface area contributed by atoms with Gasteiger partial charge in [-0.15, -0.1) is 0 Å². The first-order chi connectivity index (χ1) is 12.9. The Balaban J connectivity index is 1.91. The molecule has 1 amide bonds. The lowest BCUT2D eigenvalue weighted by Gasteiger charge is -2.29. The predicted molar refractivity (Wildman–Crippen MR) is 106 cm³/mol. The Labute approximate surface area is 160 Å². The zero-order valence-electron chi connectivity index (χ0n) is 16.6. The predicted octanol–water partition coefficient (Wildman–Crippen LogP) is 2.05. The first-order valence-corrected chi connectivity index (χ1v) is 9.38. The van der Waals surface area contributed by atoms with Gasteiger partial charge in [-0.25, -0.2) is 9.97 Å². The number of rotatable bonds is 6. The van der Waals surface area contributed by atoms with Crippen molar-refractivity contribution < 1.29 is 4.79 Å². The summed E-state index contributed by atoms with van der Waals surface area (Å²) < 4.78 is 0. The quantitative estimate of drug-likeness (QED) is 0.841. The topological polar surface area (TPSA) is 74.2 Å². The van der Waals surface area contributed by atoms with E-state index in [1.165, 1.54) is 0 Å². The molecule has 1 atom stereocenters. The summed E-state index contributed by atoms with van der Waals surface area (Å²) in [7, 11) is 4.17. The maximum Gasteiger partial charge on any atom is 0.219 e. The van der Waals surface area contributed by atoms with Crippen LogP contribution in [0.1, 0.15) is 25.1 Å². The van der Waals surface area contributed by atoms with Gasteiger partial charge < -0.3 is 15.1 Å². The van der Waals surface area contributed by atoms with Gasteiger partial charge in [0.1, 0.15) is 5.82 Å². The van der Waals surface area contributed by atoms with Crippen molar-refractivity contribution in [2.24, 2.45) is 5.92 Å². The smallest absolute Gasteiger partial charge is 0.219 e. The van der Waals surface area contributed by atoms with Gasteiger partial charge in [-0.05, 0) is 38.6 Å². The molecule has 7 nitrogen and oxygen atoms in total. The van der Waals surface area contributed by atoms with Crippen molar-refractivity contribution in [3.63, 3.8) is 0 Å². The van der Waals surface area contributed by atoms with E-state index >= 15 is 0 Å². The Morgan fingerprint density at radius 2 is 2.19 bits per heavy atom. The third kappa shape index (κ3) is 4.80. The SMILES string of the molecule is CC(=O)N1CCc2c(nc(-c3cccnc3)nc2NC[C@@H](C)CN(C)C)C1. The van der Waals surface area contributed by atoms with Gasteiger partial charge >= 0.3 is 0 Å². The molecule has 1 aliphatic rings. The minimum Gasteiger partial charge on any atom is -0.369 e. The van der Waals surface area contributed by atoms with E-state index in [9.17, 15) is 4.79 Å². The largest absolute Gasteiger partial charge is 0.369 e. The molecule has 0 radical (unpaired) electrons. The van der Waals surface area contributed by atoms with Crippen molar-refractivity contribution in [3.05, 3.63) is 35.8 Å². The minimum atomic E-state index is 0.0799. The average molecular weight is 368 g/mol. The Morgan fingerprint density at radius 1 is 1.37 bits per heavy atom. The van der Waals surface area contributed by atoms with E-state index < -0.39 is 0 Å². The normalized spacial score (nSPS) is 14.8. The van der Waals surface area contributed by atoms with E-state index in [-0.39, 0.29) is 5.91 Å². The van der Waals surface area contributed by atoms with Gasteiger partial charge in [0.15, 0.2) is 5.82 Å². The molecule has 0 saturated heterocycles. The van der Waals surface area contributed by atoms with E-state index in [4.69, 9.17) is 9.97 Å². The van der Waals surface area contributed by atoms with Crippen LogP contribution in [0, 0.1) is 5.92 Å². The molecule has 0 spiro atoms. The van der Waals surface area contributed by atoms with Gasteiger partial charge in [-0.3, -0.25) is 9.78 Å². The molecular formula is C20H28N6O. The second kappa shape index (κ2) is 8.43. The number of amides is 1. The summed E-state index contributed by atoms with van der Waals surface area (Å²) in [5, 5.41) is 3.53. The Morgan fingerprint density at radius 3 is 2.85 bits per heavy atom. The fourth-order valence-corrected chi connectivity index (χ4v) is 3.43. The number of carbonyl (C=O) groups is 1. The number of nitrogens with one attached hydrogen (secondary N) is 1. The molecule has 2 aromatic heterocycles. The van der Waals surface area contributed by atoms with Gasteiger partial charge in [0.25, 0.3) is 0 Å². The van der Waals surface area contributed by atoms with E-state index in [1.807, 2.05) is 17.0 Å². The monoisotopic (exact) mass is 368 g/mol. The van der Waals surface area contributed by atoms with Crippen molar-refractivity contribution in [1.82, 2.24) is 24.8 Å². The van der Waals surface area contributed by atoms with E-state index in [1.54, 1.807) is 19.3 Å². The summed E-state index contributed by atoms with van der Waals surface area (Å²) in [6.45, 7) is 6.91. The van der Waals surface area contributed by atoms with Gasteiger partial charge in [-0.1, -0.05) is 6.92 Å². The molecule has 3 heterocycles. The van der Waals surface area contributed by atoms with Gasteiger partial charge in [0, 0.05) is 50.1 Å². The molecule has 0 fully saturated rings. The van der Waals surface area contributed by atoms with E-state index in [0.29, 0.717) is 24.8 Å². The molecule has 27 heavy (non-hydrogen) atoms. The first kappa shape index (κ1) is 19.2. The van der Waals surface area contributed by atoms with E-state index in [2.05, 4.69) is 36.2 Å². The lowest BCUT2D eigenvalue weighted by Crippen LogP contribution is -2.35. The van der Waals surface area contributed by atoms with Crippen molar-refractivity contribution in [2.75, 3.05) is 39.0 Å². The molecule has 0 aliphatic carbocycles. The zero-order chi connectivity index (χ0) is 19.4. The van der Waals surface area contributed by atoms with Crippen LogP contribution in [0.5, 0.6) is 0 Å². The molecule has 1 N–H and O–H groups in total. The molecule has 2 aromatic rings. The van der Waals surface area contributed by atoms with Crippen LogP contribution in [0.4, 0.5) is 5.82 Å². The van der Waals surface area contributed by atoms with Crippen LogP contribution in [-0.2, 0) is 17.8 Å². The Bertz CT molecular complexity index is 793. The van der Waals surface area contributed by atoms with Crippen molar-refractivity contribution in [1.29, 1.82) is 0 Å². The average Bonchev–Trinajstić information content (AvgIpc) is 2.65. The van der Waals surface area contributed by atoms with Crippen molar-refractivity contribution in [3.8, 4) is 11.4 Å². The van der Waals surface area contributed by atoms with Crippen LogP contribution in [0.3, 0.4) is 0 Å². The van der Waals surface area contributed by atoms with Gasteiger partial charge in [0.05, 0.1) is 12.2 Å². The zero-order valence-corrected chi connectivity index (χ0v) is 16.6. The second-order valence-electron chi connectivity index (χ2n) is 7.50. The number of carbonyl (C=O) groups excluding carboxylic acids is 1. The van der Waals surface area contributed by atoms with Gasteiger partial charge in [-0.2, -0.15) is 0 Å². The molecule has 3 rings (SSSR count). The van der Waals surface area contributed by atoms with Crippen LogP contribution in [0.25, 0.3) is 11.4 Å². The summed E-state index contributed by atoms with van der Waals surface area (Å²) in [5.41, 5.74) is 2.93. The molecule has 144 valence electrons. The molecular weight excluding hydrogens is 340 g/mol. The molecule has 1 aliphatic heterocycles. The number of fused-ring (bicyclic) bond motifs is 1.